The molecule has 0 atom stereocenters. The highest BCUT2D eigenvalue weighted by atomic mass is 16.2. The minimum absolute atomic E-state index is 0.418. The zero-order chi connectivity index (χ0) is 15.6. The molecule has 0 radical (unpaired) electrons. The number of aliphatic imine (C=N–C) groups is 1. The summed E-state index contributed by atoms with van der Waals surface area (Å²) in [7, 11) is 1.70. The molecule has 4 heteroatoms. The quantitative estimate of drug-likeness (QED) is 0.487. The minimum atomic E-state index is -0.454. The molecule has 0 N–H and O–H groups in total. The molecule has 1 aliphatic carbocycles. The molecule has 1 aromatic rings. The Hall–Kier alpha value is -2.23. The number of hydrogen-bond donors (Lipinski definition) is 0. The van der Waals surface area contributed by atoms with Crippen LogP contribution in [-0.2, 0) is 4.79 Å². The van der Waals surface area contributed by atoms with Gasteiger partial charge in [-0.15, -0.1) is 0 Å². The average molecular weight is 284 g/mol. The van der Waals surface area contributed by atoms with Crippen molar-refractivity contribution in [1.29, 1.82) is 0 Å². The molecule has 0 heterocycles. The van der Waals surface area contributed by atoms with Gasteiger partial charge in [-0.3, -0.25) is 14.6 Å². The molecule has 1 aromatic carbocycles. The number of Topliss-reactive ketones (excluding diaryl/α,β-unsaturated/α-hetero) is 2. The fourth-order valence-corrected chi connectivity index (χ4v) is 2.61. The van der Waals surface area contributed by atoms with E-state index in [-0.39, 0.29) is 0 Å². The van der Waals surface area contributed by atoms with Crippen LogP contribution in [0.5, 0.6) is 0 Å². The van der Waals surface area contributed by atoms with Crippen molar-refractivity contribution in [2.45, 2.75) is 27.2 Å². The van der Waals surface area contributed by atoms with Crippen molar-refractivity contribution in [1.82, 2.24) is 4.90 Å². The number of aryl methyl sites for hydroxylation is 1. The van der Waals surface area contributed by atoms with E-state index in [0.717, 1.165) is 17.0 Å². The lowest BCUT2D eigenvalue weighted by Crippen LogP contribution is -2.37. The molecule has 0 unspecified atom stereocenters. The number of amidine groups is 1. The van der Waals surface area contributed by atoms with Crippen molar-refractivity contribution in [3.63, 3.8) is 0 Å². The Morgan fingerprint density at radius 3 is 2.48 bits per heavy atom. The number of rotatable bonds is 3. The molecule has 0 aromatic heterocycles. The first-order valence-electron chi connectivity index (χ1n) is 7.18. The Morgan fingerprint density at radius 1 is 1.19 bits per heavy atom. The van der Waals surface area contributed by atoms with E-state index < -0.39 is 11.6 Å². The van der Waals surface area contributed by atoms with Crippen LogP contribution in [0.4, 0.5) is 0 Å². The van der Waals surface area contributed by atoms with Crippen molar-refractivity contribution < 1.29 is 9.59 Å². The Balaban J connectivity index is 2.56. The summed E-state index contributed by atoms with van der Waals surface area (Å²) >= 11 is 0. The van der Waals surface area contributed by atoms with Crippen LogP contribution in [0.25, 0.3) is 6.08 Å². The number of likely N-dealkylation sites (N-methyl/N-ethyl adjacent to an activating group) is 1. The SMILES string of the molecule is CCC(=NC)N(CC)C1=Cc2ccc(C)cc2C(=O)C1=O. The first-order chi connectivity index (χ1) is 10.0. The molecule has 0 fully saturated rings. The van der Waals surface area contributed by atoms with Gasteiger partial charge < -0.3 is 4.90 Å². The fraction of sp³-hybridized carbons (Fsp3) is 0.353. The van der Waals surface area contributed by atoms with Crippen LogP contribution in [0.15, 0.2) is 28.9 Å². The number of hydrogen-bond acceptors (Lipinski definition) is 3. The molecule has 0 saturated carbocycles. The number of fused-ring (bicyclic) bond motifs is 1. The van der Waals surface area contributed by atoms with Gasteiger partial charge in [0.2, 0.25) is 11.6 Å². The Labute approximate surface area is 125 Å². The highest BCUT2D eigenvalue weighted by Crippen LogP contribution is 2.25. The van der Waals surface area contributed by atoms with Gasteiger partial charge in [0.15, 0.2) is 0 Å². The number of allylic oxidation sites excluding steroid dienone is 1. The summed E-state index contributed by atoms with van der Waals surface area (Å²) in [6, 6.07) is 5.60. The van der Waals surface area contributed by atoms with Crippen LogP contribution in [0.3, 0.4) is 0 Å². The monoisotopic (exact) mass is 284 g/mol. The molecule has 21 heavy (non-hydrogen) atoms. The molecule has 4 nitrogen and oxygen atoms in total. The molecular formula is C17H20N2O2. The van der Waals surface area contributed by atoms with Crippen LogP contribution >= 0.6 is 0 Å². The lowest BCUT2D eigenvalue weighted by atomic mass is 9.91. The van der Waals surface area contributed by atoms with Crippen LogP contribution < -0.4 is 0 Å². The zero-order valence-corrected chi connectivity index (χ0v) is 12.9. The molecule has 0 bridgehead atoms. The summed E-state index contributed by atoms with van der Waals surface area (Å²) in [5.74, 6) is -0.0822. The summed E-state index contributed by atoms with van der Waals surface area (Å²) < 4.78 is 0. The first kappa shape index (κ1) is 15.2. The zero-order valence-electron chi connectivity index (χ0n) is 12.9. The standard InChI is InChI=1S/C17H20N2O2/c1-5-15(18-4)19(6-2)14-10-12-8-7-11(3)9-13(12)16(20)17(14)21/h7-10H,5-6H2,1-4H3. The minimum Gasteiger partial charge on any atom is -0.327 e. The maximum absolute atomic E-state index is 12.4. The van der Waals surface area contributed by atoms with Crippen LogP contribution in [0.2, 0.25) is 0 Å². The second-order valence-electron chi connectivity index (χ2n) is 5.02. The van der Waals surface area contributed by atoms with E-state index in [1.54, 1.807) is 19.2 Å². The number of carbonyl (C=O) groups excluding carboxylic acids is 2. The van der Waals surface area contributed by atoms with E-state index in [2.05, 4.69) is 4.99 Å². The molecule has 110 valence electrons. The number of carbonyl (C=O) groups is 2. The summed E-state index contributed by atoms with van der Waals surface area (Å²) in [5, 5.41) is 0. The van der Waals surface area contributed by atoms with Crippen molar-refractivity contribution >= 4 is 23.5 Å². The summed E-state index contributed by atoms with van der Waals surface area (Å²) in [6.45, 7) is 6.45. The van der Waals surface area contributed by atoms with E-state index in [9.17, 15) is 9.59 Å². The van der Waals surface area contributed by atoms with Crippen LogP contribution in [0, 0.1) is 6.92 Å². The normalized spacial score (nSPS) is 14.9. The Morgan fingerprint density at radius 2 is 1.90 bits per heavy atom. The van der Waals surface area contributed by atoms with Gasteiger partial charge in [0.05, 0.1) is 5.70 Å². The van der Waals surface area contributed by atoms with E-state index in [1.165, 1.54) is 0 Å². The third kappa shape index (κ3) is 2.66. The third-order valence-electron chi connectivity index (χ3n) is 3.68. The van der Waals surface area contributed by atoms with E-state index >= 15 is 0 Å². The molecule has 0 aliphatic heterocycles. The average Bonchev–Trinajstić information content (AvgIpc) is 2.49. The van der Waals surface area contributed by atoms with Gasteiger partial charge in [0, 0.05) is 25.6 Å². The molecular weight excluding hydrogens is 264 g/mol. The van der Waals surface area contributed by atoms with Gasteiger partial charge in [0.1, 0.15) is 5.84 Å². The second-order valence-corrected chi connectivity index (χ2v) is 5.02. The predicted octanol–water partition coefficient (Wildman–Crippen LogP) is 2.86. The van der Waals surface area contributed by atoms with Gasteiger partial charge in [0.25, 0.3) is 0 Å². The topological polar surface area (TPSA) is 49.7 Å². The van der Waals surface area contributed by atoms with Gasteiger partial charge in [-0.1, -0.05) is 24.6 Å². The predicted molar refractivity (Wildman–Crippen MR) is 84.5 cm³/mol. The smallest absolute Gasteiger partial charge is 0.249 e. The molecule has 0 amide bonds. The highest BCUT2D eigenvalue weighted by molar-refractivity contribution is 6.52. The van der Waals surface area contributed by atoms with Gasteiger partial charge in [-0.2, -0.15) is 0 Å². The fourth-order valence-electron chi connectivity index (χ4n) is 2.61. The maximum Gasteiger partial charge on any atom is 0.249 e. The largest absolute Gasteiger partial charge is 0.327 e. The van der Waals surface area contributed by atoms with Crippen molar-refractivity contribution in [3.8, 4) is 0 Å². The summed E-state index contributed by atoms with van der Waals surface area (Å²) in [5.41, 5.74) is 2.68. The van der Waals surface area contributed by atoms with E-state index in [1.807, 2.05) is 37.8 Å². The highest BCUT2D eigenvalue weighted by Gasteiger charge is 2.31. The van der Waals surface area contributed by atoms with E-state index in [0.29, 0.717) is 24.2 Å². The van der Waals surface area contributed by atoms with Gasteiger partial charge in [-0.05, 0) is 31.6 Å². The van der Waals surface area contributed by atoms with Gasteiger partial charge in [-0.25, -0.2) is 0 Å². The van der Waals surface area contributed by atoms with Crippen LogP contribution in [-0.4, -0.2) is 35.9 Å². The van der Waals surface area contributed by atoms with Crippen LogP contribution in [0.1, 0.15) is 41.8 Å². The van der Waals surface area contributed by atoms with E-state index in [4.69, 9.17) is 0 Å². The lowest BCUT2D eigenvalue weighted by Gasteiger charge is -2.28. The first-order valence-corrected chi connectivity index (χ1v) is 7.18. The number of nitrogens with zero attached hydrogens (tertiary/aromatic N) is 2. The maximum atomic E-state index is 12.4. The summed E-state index contributed by atoms with van der Waals surface area (Å²) in [6.07, 6.45) is 2.51. The van der Waals surface area contributed by atoms with Crippen molar-refractivity contribution in [2.24, 2.45) is 4.99 Å². The molecule has 0 saturated heterocycles. The summed E-state index contributed by atoms with van der Waals surface area (Å²) in [4.78, 5) is 30.8. The lowest BCUT2D eigenvalue weighted by molar-refractivity contribution is -0.112. The van der Waals surface area contributed by atoms with Crippen molar-refractivity contribution in [3.05, 3.63) is 40.6 Å². The Bertz CT molecular complexity index is 657. The third-order valence-corrected chi connectivity index (χ3v) is 3.68. The number of ketones is 2. The molecule has 0 spiro atoms. The Kier molecular flexibility index (Phi) is 4.36. The van der Waals surface area contributed by atoms with Crippen molar-refractivity contribution in [2.75, 3.05) is 13.6 Å². The van der Waals surface area contributed by atoms with Gasteiger partial charge >= 0.3 is 0 Å². The number of benzene rings is 1. The molecule has 1 aliphatic rings. The second kappa shape index (κ2) is 6.04. The molecule has 2 rings (SSSR count).